The van der Waals surface area contributed by atoms with E-state index in [1.165, 1.54) is 16.7 Å². The smallest absolute Gasteiger partial charge is 0.329 e. The third-order valence-corrected chi connectivity index (χ3v) is 4.92. The van der Waals surface area contributed by atoms with Gasteiger partial charge in [-0.25, -0.2) is 4.79 Å². The fourth-order valence-corrected chi connectivity index (χ4v) is 3.23. The van der Waals surface area contributed by atoms with Crippen LogP contribution < -0.4 is 5.32 Å². The van der Waals surface area contributed by atoms with Crippen molar-refractivity contribution in [2.24, 2.45) is 5.92 Å². The summed E-state index contributed by atoms with van der Waals surface area (Å²) in [6, 6.07) is 26.3. The van der Waals surface area contributed by atoms with E-state index in [0.717, 1.165) is 17.7 Å². The highest BCUT2D eigenvalue weighted by Crippen LogP contribution is 2.17. The Kier molecular flexibility index (Phi) is 7.07. The highest BCUT2D eigenvalue weighted by Gasteiger charge is 2.23. The first-order chi connectivity index (χ1) is 14.0. The molecule has 3 rings (SSSR count). The Labute approximate surface area is 173 Å². The molecule has 150 valence electrons. The van der Waals surface area contributed by atoms with Crippen molar-refractivity contribution >= 4 is 11.7 Å². The van der Waals surface area contributed by atoms with Crippen LogP contribution in [0.4, 0.5) is 5.69 Å². The van der Waals surface area contributed by atoms with Crippen LogP contribution in [0.15, 0.2) is 78.9 Å². The Hall–Kier alpha value is -3.07. The van der Waals surface area contributed by atoms with Crippen LogP contribution in [0.2, 0.25) is 0 Å². The Morgan fingerprint density at radius 3 is 2.21 bits per heavy atom. The molecule has 3 aromatic rings. The third kappa shape index (κ3) is 6.21. The molecule has 3 aromatic carbocycles. The second kappa shape index (κ2) is 9.92. The molecular formula is C26H29NO2. The molecule has 0 amide bonds. The van der Waals surface area contributed by atoms with Crippen LogP contribution in [-0.4, -0.2) is 12.0 Å². The summed E-state index contributed by atoms with van der Waals surface area (Å²) in [5.74, 6) is -0.109. The molecule has 0 heterocycles. The van der Waals surface area contributed by atoms with E-state index in [2.05, 4.69) is 29.6 Å². The molecule has 3 nitrogen and oxygen atoms in total. The topological polar surface area (TPSA) is 38.3 Å². The van der Waals surface area contributed by atoms with E-state index in [0.29, 0.717) is 0 Å². The fourth-order valence-electron chi connectivity index (χ4n) is 3.23. The zero-order chi connectivity index (χ0) is 20.6. The van der Waals surface area contributed by atoms with Crippen molar-refractivity contribution < 1.29 is 9.53 Å². The lowest BCUT2D eigenvalue weighted by Gasteiger charge is -2.22. The molecule has 0 aromatic heterocycles. The standard InChI is InChI=1S/C26H29NO2/c1-19(2)25(27-24-14-12-20(3)13-15-24)26(28)29-18-23-11-7-10-22(17-23)16-21-8-5-4-6-9-21/h4-15,17,19,25,27H,16,18H2,1-3H3/t25-/m0/s1. The fraction of sp³-hybridized carbons (Fsp3) is 0.269. The van der Waals surface area contributed by atoms with Gasteiger partial charge in [0.25, 0.3) is 0 Å². The molecule has 0 aliphatic heterocycles. The average molecular weight is 388 g/mol. The zero-order valence-corrected chi connectivity index (χ0v) is 17.4. The minimum atomic E-state index is -0.384. The summed E-state index contributed by atoms with van der Waals surface area (Å²) >= 11 is 0. The van der Waals surface area contributed by atoms with Gasteiger partial charge >= 0.3 is 5.97 Å². The number of carbonyl (C=O) groups excluding carboxylic acids is 1. The van der Waals surface area contributed by atoms with Crippen LogP contribution in [0.3, 0.4) is 0 Å². The van der Waals surface area contributed by atoms with E-state index in [-0.39, 0.29) is 24.5 Å². The highest BCUT2D eigenvalue weighted by atomic mass is 16.5. The largest absolute Gasteiger partial charge is 0.459 e. The Morgan fingerprint density at radius 2 is 1.52 bits per heavy atom. The summed E-state index contributed by atoms with van der Waals surface area (Å²) in [6.45, 7) is 6.37. The first-order valence-electron chi connectivity index (χ1n) is 10.1. The van der Waals surface area contributed by atoms with Gasteiger partial charge in [0.2, 0.25) is 0 Å². The Balaban J connectivity index is 1.60. The normalized spacial score (nSPS) is 11.9. The van der Waals surface area contributed by atoms with Gasteiger partial charge in [-0.3, -0.25) is 0 Å². The van der Waals surface area contributed by atoms with Crippen molar-refractivity contribution in [3.8, 4) is 0 Å². The molecule has 0 fully saturated rings. The number of aryl methyl sites for hydroxylation is 1. The first kappa shape index (κ1) is 20.7. The van der Waals surface area contributed by atoms with Gasteiger partial charge in [-0.15, -0.1) is 0 Å². The number of ether oxygens (including phenoxy) is 1. The summed E-state index contributed by atoms with van der Waals surface area (Å²) in [4.78, 5) is 12.7. The van der Waals surface area contributed by atoms with Gasteiger partial charge in [-0.05, 0) is 48.1 Å². The summed E-state index contributed by atoms with van der Waals surface area (Å²) < 4.78 is 5.65. The minimum absolute atomic E-state index is 0.119. The number of nitrogens with one attached hydrogen (secondary N) is 1. The van der Waals surface area contributed by atoms with E-state index >= 15 is 0 Å². The van der Waals surface area contributed by atoms with E-state index in [1.807, 2.05) is 75.4 Å². The van der Waals surface area contributed by atoms with E-state index < -0.39 is 0 Å². The van der Waals surface area contributed by atoms with Crippen LogP contribution in [0.5, 0.6) is 0 Å². The lowest BCUT2D eigenvalue weighted by atomic mass is 10.0. The van der Waals surface area contributed by atoms with Crippen LogP contribution in [0.25, 0.3) is 0 Å². The number of esters is 1. The van der Waals surface area contributed by atoms with Gasteiger partial charge in [-0.1, -0.05) is 86.1 Å². The average Bonchev–Trinajstić information content (AvgIpc) is 2.72. The quantitative estimate of drug-likeness (QED) is 0.499. The Bertz CT molecular complexity index is 917. The van der Waals surface area contributed by atoms with E-state index in [4.69, 9.17) is 4.74 Å². The van der Waals surface area contributed by atoms with Crippen LogP contribution in [0.1, 0.15) is 36.1 Å². The molecule has 0 unspecified atom stereocenters. The Morgan fingerprint density at radius 1 is 0.862 bits per heavy atom. The van der Waals surface area contributed by atoms with Crippen LogP contribution in [-0.2, 0) is 22.6 Å². The van der Waals surface area contributed by atoms with Crippen molar-refractivity contribution in [1.82, 2.24) is 0 Å². The number of anilines is 1. The molecule has 0 spiro atoms. The van der Waals surface area contributed by atoms with Crippen molar-refractivity contribution in [3.05, 3.63) is 101 Å². The molecule has 0 radical (unpaired) electrons. The molecule has 29 heavy (non-hydrogen) atoms. The maximum absolute atomic E-state index is 12.7. The molecule has 1 N–H and O–H groups in total. The van der Waals surface area contributed by atoms with Gasteiger partial charge in [-0.2, -0.15) is 0 Å². The summed E-state index contributed by atoms with van der Waals surface area (Å²) in [6.07, 6.45) is 0.867. The van der Waals surface area contributed by atoms with E-state index in [9.17, 15) is 4.79 Å². The van der Waals surface area contributed by atoms with E-state index in [1.54, 1.807) is 0 Å². The number of hydrogen-bond donors (Lipinski definition) is 1. The zero-order valence-electron chi connectivity index (χ0n) is 17.4. The number of rotatable bonds is 8. The lowest BCUT2D eigenvalue weighted by molar-refractivity contribution is -0.146. The second-order valence-corrected chi connectivity index (χ2v) is 7.82. The summed E-state index contributed by atoms with van der Waals surface area (Å²) in [7, 11) is 0. The number of benzene rings is 3. The second-order valence-electron chi connectivity index (χ2n) is 7.82. The van der Waals surface area contributed by atoms with Crippen molar-refractivity contribution in [2.45, 2.75) is 39.8 Å². The van der Waals surface area contributed by atoms with Crippen LogP contribution >= 0.6 is 0 Å². The predicted octanol–water partition coefficient (Wildman–Crippen LogP) is 5.77. The number of hydrogen-bond acceptors (Lipinski definition) is 3. The third-order valence-electron chi connectivity index (χ3n) is 4.92. The SMILES string of the molecule is Cc1ccc(N[C@H](C(=O)OCc2cccc(Cc3ccccc3)c2)C(C)C)cc1. The number of carbonyl (C=O) groups is 1. The van der Waals surface area contributed by atoms with Crippen LogP contribution in [0, 0.1) is 12.8 Å². The van der Waals surface area contributed by atoms with Crippen molar-refractivity contribution in [1.29, 1.82) is 0 Å². The summed E-state index contributed by atoms with van der Waals surface area (Å²) in [5.41, 5.74) is 5.60. The minimum Gasteiger partial charge on any atom is -0.459 e. The molecule has 0 saturated carbocycles. The maximum atomic E-state index is 12.7. The molecular weight excluding hydrogens is 358 g/mol. The van der Waals surface area contributed by atoms with Gasteiger partial charge < -0.3 is 10.1 Å². The molecule has 3 heteroatoms. The molecule has 0 aliphatic rings. The van der Waals surface area contributed by atoms with Gasteiger partial charge in [0.05, 0.1) is 0 Å². The van der Waals surface area contributed by atoms with Crippen molar-refractivity contribution in [3.63, 3.8) is 0 Å². The molecule has 1 atom stereocenters. The maximum Gasteiger partial charge on any atom is 0.329 e. The monoisotopic (exact) mass is 387 g/mol. The van der Waals surface area contributed by atoms with Gasteiger partial charge in [0.1, 0.15) is 12.6 Å². The van der Waals surface area contributed by atoms with Gasteiger partial charge in [0, 0.05) is 5.69 Å². The highest BCUT2D eigenvalue weighted by molar-refractivity contribution is 5.79. The molecule has 0 aliphatic carbocycles. The predicted molar refractivity (Wildman–Crippen MR) is 119 cm³/mol. The lowest BCUT2D eigenvalue weighted by Crippen LogP contribution is -2.36. The molecule has 0 bridgehead atoms. The van der Waals surface area contributed by atoms with Crippen molar-refractivity contribution in [2.75, 3.05) is 5.32 Å². The van der Waals surface area contributed by atoms with Gasteiger partial charge in [0.15, 0.2) is 0 Å². The first-order valence-corrected chi connectivity index (χ1v) is 10.1. The summed E-state index contributed by atoms with van der Waals surface area (Å²) in [5, 5.41) is 3.31. The molecule has 0 saturated heterocycles.